The number of nitrogens with two attached hydrogens (primary N) is 1. The molecule has 0 saturated heterocycles. The monoisotopic (exact) mass is 78.1 g/mol. The molecule has 0 amide bonds. The zero-order valence-corrected chi connectivity index (χ0v) is 2.60. The van der Waals surface area contributed by atoms with Crippen LogP contribution >= 0.6 is 0 Å². The first-order valence-corrected chi connectivity index (χ1v) is 1.10. The highest BCUT2D eigenvalue weighted by Crippen LogP contribution is 1.72. The van der Waals surface area contributed by atoms with Gasteiger partial charge in [-0.15, -0.1) is 0 Å². The molecule has 3 N–H and O–H groups in total. The Morgan fingerprint density at radius 1 is 2.60 bits per heavy atom. The van der Waals surface area contributed by atoms with Crippen molar-refractivity contribution in [2.45, 2.75) is 12.9 Å². The Hall–Kier alpha value is -0.0800. The highest BCUT2D eigenvalue weighted by molar-refractivity contribution is 4.58. The quantitative estimate of drug-likeness (QED) is 0.443. The normalized spacial score (nSPS) is 35.6. The average Bonchev–Trinajstić information content (AvgIpc) is 1.64. The maximum absolute atomic E-state index is 8.58. The molecule has 0 bridgehead atoms. The maximum Gasteiger partial charge on any atom is 0.0679 e. The van der Waals surface area contributed by atoms with E-state index in [1.54, 1.807) is 0 Å². The molecule has 0 aliphatic heterocycles. The van der Waals surface area contributed by atoms with Crippen LogP contribution < -0.4 is 5.73 Å². The van der Waals surface area contributed by atoms with Crippen molar-refractivity contribution in [3.05, 3.63) is 6.54 Å². The smallest absolute Gasteiger partial charge is 0.0679 e. The summed E-state index contributed by atoms with van der Waals surface area (Å²) in [6, 6.07) is 0. The molecule has 5 heavy (non-hydrogen) atoms. The third-order valence-electron chi connectivity index (χ3n) is 0.158. The van der Waals surface area contributed by atoms with Gasteiger partial charge in [0, 0.05) is 10.7 Å². The van der Waals surface area contributed by atoms with E-state index in [4.69, 9.17) is 10.6 Å². The summed E-state index contributed by atoms with van der Waals surface area (Å²) in [5.74, 6) is 0. The Balaban J connectivity index is 4.14. The molecular formula is C3H8NO. The molecule has 0 rings (SSSR count). The topological polar surface area (TPSA) is 46.2 Å². The van der Waals surface area contributed by atoms with Crippen LogP contribution in [0.4, 0.5) is 0 Å². The molecule has 1 unspecified atom stereocenters. The van der Waals surface area contributed by atoms with E-state index in [1.807, 2.05) is 0 Å². The highest BCUT2D eigenvalue weighted by Gasteiger charge is 1.82. The number of hydrogen-bond donors (Lipinski definition) is 2. The van der Waals surface area contributed by atoms with E-state index in [0.29, 0.717) is 6.54 Å². The fraction of sp³-hybridized carbons (Fsp3) is 0.667. The second-order valence-corrected chi connectivity index (χ2v) is 0.552. The SMILES string of the molecule is [2H]C([2H])([2H])C([2H])(O)[CH]N. The van der Waals surface area contributed by atoms with E-state index in [1.165, 1.54) is 0 Å². The molecule has 0 fully saturated rings. The summed E-state index contributed by atoms with van der Waals surface area (Å²) in [6.45, 7) is -2.33. The van der Waals surface area contributed by atoms with E-state index in [9.17, 15) is 0 Å². The van der Waals surface area contributed by atoms with Crippen LogP contribution in [0.2, 0.25) is 0 Å². The zero-order valence-electron chi connectivity index (χ0n) is 6.60. The lowest BCUT2D eigenvalue weighted by molar-refractivity contribution is 0.226. The second kappa shape index (κ2) is 2.18. The summed E-state index contributed by atoms with van der Waals surface area (Å²) in [7, 11) is 0. The number of hydrogen-bond acceptors (Lipinski definition) is 2. The molecule has 0 aliphatic carbocycles. The lowest BCUT2D eigenvalue weighted by Crippen LogP contribution is -2.06. The van der Waals surface area contributed by atoms with Crippen molar-refractivity contribution < 1.29 is 10.6 Å². The fourth-order valence-electron chi connectivity index (χ4n) is 0. The second-order valence-electron chi connectivity index (χ2n) is 0.552. The summed E-state index contributed by atoms with van der Waals surface area (Å²) in [4.78, 5) is 0. The van der Waals surface area contributed by atoms with Crippen LogP contribution in [0.1, 0.15) is 12.3 Å². The van der Waals surface area contributed by atoms with Crippen molar-refractivity contribution in [3.8, 4) is 0 Å². The molecule has 1 atom stereocenters. The Kier molecular flexibility index (Phi) is 0.524. The first-order valence-electron chi connectivity index (χ1n) is 3.10. The van der Waals surface area contributed by atoms with Gasteiger partial charge in [-0.2, -0.15) is 0 Å². The molecular weight excluding hydrogens is 66.0 g/mol. The van der Waals surface area contributed by atoms with E-state index in [0.717, 1.165) is 0 Å². The Bertz CT molecular complexity index is 98.5. The van der Waals surface area contributed by atoms with Crippen molar-refractivity contribution in [2.24, 2.45) is 5.73 Å². The first kappa shape index (κ1) is 1.21. The molecule has 31 valence electrons. The van der Waals surface area contributed by atoms with Gasteiger partial charge in [0.05, 0.1) is 7.45 Å². The van der Waals surface area contributed by atoms with Gasteiger partial charge < -0.3 is 10.8 Å². The third-order valence-corrected chi connectivity index (χ3v) is 0.158. The summed E-state index contributed by atoms with van der Waals surface area (Å²) in [6.07, 6.45) is -2.62. The van der Waals surface area contributed by atoms with E-state index in [-0.39, 0.29) is 0 Å². The molecule has 0 aromatic rings. The summed E-state index contributed by atoms with van der Waals surface area (Å²) >= 11 is 0. The first-order chi connectivity index (χ1) is 3.81. The number of aliphatic hydroxyl groups is 1. The van der Waals surface area contributed by atoms with Gasteiger partial charge >= 0.3 is 0 Å². The van der Waals surface area contributed by atoms with E-state index < -0.39 is 12.9 Å². The van der Waals surface area contributed by atoms with Gasteiger partial charge in [-0.05, 0) is 6.85 Å². The highest BCUT2D eigenvalue weighted by atomic mass is 16.3. The lowest BCUT2D eigenvalue weighted by Gasteiger charge is -1.90. The van der Waals surface area contributed by atoms with Gasteiger partial charge in [0.25, 0.3) is 0 Å². The molecule has 2 nitrogen and oxygen atoms in total. The molecule has 0 aromatic carbocycles. The predicted molar refractivity (Wildman–Crippen MR) is 20.2 cm³/mol. The standard InChI is InChI=1S/C3H8NO/c1-3(5)2-4/h2-3,5H,4H2,1H3/i1D3,3D. The third kappa shape index (κ3) is 3.92. The maximum atomic E-state index is 8.58. The van der Waals surface area contributed by atoms with Crippen molar-refractivity contribution in [1.29, 1.82) is 0 Å². The van der Waals surface area contributed by atoms with Gasteiger partial charge in [-0.1, -0.05) is 0 Å². The van der Waals surface area contributed by atoms with E-state index in [2.05, 4.69) is 5.73 Å². The van der Waals surface area contributed by atoms with Gasteiger partial charge in [-0.3, -0.25) is 0 Å². The van der Waals surface area contributed by atoms with Gasteiger partial charge in [0.2, 0.25) is 0 Å². The van der Waals surface area contributed by atoms with Crippen LogP contribution in [0.5, 0.6) is 0 Å². The summed E-state index contributed by atoms with van der Waals surface area (Å²) in [5.41, 5.74) is 4.67. The molecule has 2 heteroatoms. The van der Waals surface area contributed by atoms with Crippen molar-refractivity contribution in [3.63, 3.8) is 0 Å². The fourth-order valence-corrected chi connectivity index (χ4v) is 0. The Morgan fingerprint density at radius 3 is 3.20 bits per heavy atom. The molecule has 0 saturated carbocycles. The van der Waals surface area contributed by atoms with Gasteiger partial charge in [0.1, 0.15) is 0 Å². The lowest BCUT2D eigenvalue weighted by atomic mass is 10.4. The summed E-state index contributed by atoms with van der Waals surface area (Å²) < 4.78 is 26.2. The van der Waals surface area contributed by atoms with Crippen molar-refractivity contribution in [2.75, 3.05) is 0 Å². The molecule has 0 aromatic heterocycles. The van der Waals surface area contributed by atoms with Crippen molar-refractivity contribution >= 4 is 0 Å². The largest absolute Gasteiger partial charge is 0.392 e. The molecule has 0 spiro atoms. The van der Waals surface area contributed by atoms with Gasteiger partial charge in [-0.25, -0.2) is 0 Å². The predicted octanol–water partition coefficient (Wildman–Crippen LogP) is -0.512. The van der Waals surface area contributed by atoms with Crippen LogP contribution in [0, 0.1) is 6.54 Å². The molecule has 0 aliphatic rings. The minimum absolute atomic E-state index is 0.431. The van der Waals surface area contributed by atoms with Crippen LogP contribution in [-0.2, 0) is 0 Å². The minimum Gasteiger partial charge on any atom is -0.392 e. The van der Waals surface area contributed by atoms with Crippen LogP contribution in [-0.4, -0.2) is 11.2 Å². The molecule has 0 heterocycles. The number of rotatable bonds is 1. The average molecular weight is 78.1 g/mol. The zero-order chi connectivity index (χ0) is 7.71. The van der Waals surface area contributed by atoms with Crippen LogP contribution in [0.15, 0.2) is 0 Å². The molecule has 1 radical (unpaired) electrons. The van der Waals surface area contributed by atoms with Crippen LogP contribution in [0.3, 0.4) is 0 Å². The van der Waals surface area contributed by atoms with Gasteiger partial charge in [0.15, 0.2) is 0 Å². The Labute approximate surface area is 37.2 Å². The van der Waals surface area contributed by atoms with E-state index >= 15 is 0 Å². The minimum atomic E-state index is -2.76. The Morgan fingerprint density at radius 2 is 3.20 bits per heavy atom. The van der Waals surface area contributed by atoms with Crippen molar-refractivity contribution in [1.82, 2.24) is 0 Å². The van der Waals surface area contributed by atoms with Crippen LogP contribution in [0.25, 0.3) is 0 Å². The summed E-state index contributed by atoms with van der Waals surface area (Å²) in [5, 5.41) is 8.58.